The number of nitrogens with zero attached hydrogens (tertiary/aromatic N) is 2. The fourth-order valence-electron chi connectivity index (χ4n) is 3.97. The second kappa shape index (κ2) is 10.2. The summed E-state index contributed by atoms with van der Waals surface area (Å²) in [5.74, 6) is 2.69. The molecule has 2 heterocycles. The van der Waals surface area contributed by atoms with E-state index in [2.05, 4.69) is 10.2 Å². The van der Waals surface area contributed by atoms with Crippen molar-refractivity contribution >= 4 is 40.2 Å². The molecule has 7 heteroatoms. The van der Waals surface area contributed by atoms with Gasteiger partial charge in [0, 0.05) is 41.2 Å². The predicted octanol–water partition coefficient (Wildman–Crippen LogP) is 4.64. The molecule has 2 aromatic carbocycles. The van der Waals surface area contributed by atoms with Gasteiger partial charge >= 0.3 is 0 Å². The number of thioether (sulfide) groups is 1. The maximum Gasteiger partial charge on any atom is 0.253 e. The van der Waals surface area contributed by atoms with E-state index in [0.29, 0.717) is 17.8 Å². The predicted molar refractivity (Wildman–Crippen MR) is 130 cm³/mol. The summed E-state index contributed by atoms with van der Waals surface area (Å²) in [7, 11) is 0. The van der Waals surface area contributed by atoms with Crippen molar-refractivity contribution in [2.24, 2.45) is 0 Å². The van der Waals surface area contributed by atoms with Gasteiger partial charge in [-0.3, -0.25) is 14.5 Å². The van der Waals surface area contributed by atoms with Gasteiger partial charge < -0.3 is 14.6 Å². The second-order valence-electron chi connectivity index (χ2n) is 7.96. The van der Waals surface area contributed by atoms with E-state index in [1.54, 1.807) is 6.07 Å². The van der Waals surface area contributed by atoms with Crippen LogP contribution in [0.4, 0.5) is 5.69 Å². The molecule has 3 aromatic rings. The molecule has 1 aliphatic rings. The Hall–Kier alpha value is -2.77. The number of anilines is 1. The van der Waals surface area contributed by atoms with Gasteiger partial charge in [-0.2, -0.15) is 11.8 Å². The highest BCUT2D eigenvalue weighted by atomic mass is 32.2. The summed E-state index contributed by atoms with van der Waals surface area (Å²) < 4.78 is 6.00. The van der Waals surface area contributed by atoms with E-state index in [1.165, 1.54) is 0 Å². The van der Waals surface area contributed by atoms with Crippen LogP contribution in [-0.4, -0.2) is 59.3 Å². The SMILES string of the molecule is CCN(CC(=O)Nc1cccc(C(=O)N2CCSCC2)c1)C(C)c1cc2ccccc2o1. The lowest BCUT2D eigenvalue weighted by molar-refractivity contribution is -0.117. The summed E-state index contributed by atoms with van der Waals surface area (Å²) >= 11 is 1.87. The maximum atomic E-state index is 12.8. The molecular formula is C25H29N3O3S. The van der Waals surface area contributed by atoms with Crippen LogP contribution < -0.4 is 5.32 Å². The van der Waals surface area contributed by atoms with Gasteiger partial charge in [-0.15, -0.1) is 0 Å². The van der Waals surface area contributed by atoms with Gasteiger partial charge in [0.1, 0.15) is 11.3 Å². The molecule has 1 atom stereocenters. The normalized spacial score (nSPS) is 15.2. The minimum atomic E-state index is -0.117. The summed E-state index contributed by atoms with van der Waals surface area (Å²) in [6.07, 6.45) is 0. The number of amides is 2. The molecule has 32 heavy (non-hydrogen) atoms. The number of fused-ring (bicyclic) bond motifs is 1. The number of hydrogen-bond acceptors (Lipinski definition) is 5. The van der Waals surface area contributed by atoms with E-state index < -0.39 is 0 Å². The van der Waals surface area contributed by atoms with Crippen LogP contribution in [0.5, 0.6) is 0 Å². The van der Waals surface area contributed by atoms with E-state index in [-0.39, 0.29) is 24.4 Å². The fraction of sp³-hybridized carbons (Fsp3) is 0.360. The van der Waals surface area contributed by atoms with E-state index >= 15 is 0 Å². The molecule has 0 bridgehead atoms. The van der Waals surface area contributed by atoms with Gasteiger partial charge in [0.15, 0.2) is 0 Å². The van der Waals surface area contributed by atoms with Crippen molar-refractivity contribution in [3.63, 3.8) is 0 Å². The minimum Gasteiger partial charge on any atom is -0.459 e. The maximum absolute atomic E-state index is 12.8. The van der Waals surface area contributed by atoms with Crippen molar-refractivity contribution in [2.75, 3.05) is 43.0 Å². The van der Waals surface area contributed by atoms with Gasteiger partial charge in [0.05, 0.1) is 12.6 Å². The molecular weight excluding hydrogens is 422 g/mol. The highest BCUT2D eigenvalue weighted by Crippen LogP contribution is 2.27. The quantitative estimate of drug-likeness (QED) is 0.567. The topological polar surface area (TPSA) is 65.8 Å². The number of carbonyl (C=O) groups excluding carboxylic acids is 2. The zero-order valence-corrected chi connectivity index (χ0v) is 19.4. The minimum absolute atomic E-state index is 0.0232. The Morgan fingerprint density at radius 2 is 1.91 bits per heavy atom. The fourth-order valence-corrected chi connectivity index (χ4v) is 4.88. The molecule has 1 saturated heterocycles. The van der Waals surface area contributed by atoms with E-state index in [0.717, 1.165) is 41.3 Å². The number of nitrogens with one attached hydrogen (secondary N) is 1. The van der Waals surface area contributed by atoms with Crippen molar-refractivity contribution in [2.45, 2.75) is 19.9 Å². The Morgan fingerprint density at radius 1 is 1.12 bits per heavy atom. The summed E-state index contributed by atoms with van der Waals surface area (Å²) in [6.45, 7) is 6.55. The van der Waals surface area contributed by atoms with Crippen LogP contribution in [0.25, 0.3) is 11.0 Å². The third-order valence-corrected chi connectivity index (χ3v) is 6.79. The van der Waals surface area contributed by atoms with Crippen molar-refractivity contribution in [1.82, 2.24) is 9.80 Å². The van der Waals surface area contributed by atoms with E-state index in [1.807, 2.05) is 79.0 Å². The van der Waals surface area contributed by atoms with Crippen LogP contribution >= 0.6 is 11.8 Å². The van der Waals surface area contributed by atoms with E-state index in [4.69, 9.17) is 4.42 Å². The van der Waals surface area contributed by atoms with Crippen LogP contribution in [-0.2, 0) is 4.79 Å². The average molecular weight is 452 g/mol. The van der Waals surface area contributed by atoms with Gasteiger partial charge in [-0.25, -0.2) is 0 Å². The van der Waals surface area contributed by atoms with Crippen LogP contribution in [0.3, 0.4) is 0 Å². The standard InChI is InChI=1S/C25H29N3O3S/c1-3-27(18(2)23-16-19-7-4-5-10-22(19)31-23)17-24(29)26-21-9-6-8-20(15-21)25(30)28-11-13-32-14-12-28/h4-10,15-16,18H,3,11-14,17H2,1-2H3,(H,26,29). The van der Waals surface area contributed by atoms with Crippen LogP contribution in [0.2, 0.25) is 0 Å². The van der Waals surface area contributed by atoms with Gasteiger partial charge in [0.25, 0.3) is 5.91 Å². The zero-order chi connectivity index (χ0) is 22.5. The number of furan rings is 1. The third-order valence-electron chi connectivity index (χ3n) is 5.85. The zero-order valence-electron chi connectivity index (χ0n) is 18.5. The molecule has 0 radical (unpaired) electrons. The average Bonchev–Trinajstić information content (AvgIpc) is 3.27. The second-order valence-corrected chi connectivity index (χ2v) is 9.18. The Kier molecular flexibility index (Phi) is 7.17. The largest absolute Gasteiger partial charge is 0.459 e. The Balaban J connectivity index is 1.40. The first-order chi connectivity index (χ1) is 15.5. The molecule has 2 amide bonds. The Bertz CT molecular complexity index is 1060. The highest BCUT2D eigenvalue weighted by Gasteiger charge is 2.22. The highest BCUT2D eigenvalue weighted by molar-refractivity contribution is 7.99. The molecule has 1 aliphatic heterocycles. The molecule has 1 aromatic heterocycles. The molecule has 0 aliphatic carbocycles. The van der Waals surface area contributed by atoms with Gasteiger partial charge in [-0.1, -0.05) is 31.2 Å². The first kappa shape index (κ1) is 22.4. The molecule has 1 fully saturated rings. The lowest BCUT2D eigenvalue weighted by atomic mass is 10.1. The number of hydrogen-bond donors (Lipinski definition) is 1. The summed E-state index contributed by atoms with van der Waals surface area (Å²) in [4.78, 5) is 29.5. The summed E-state index contributed by atoms with van der Waals surface area (Å²) in [6, 6.07) is 17.1. The molecule has 4 rings (SSSR count). The number of para-hydroxylation sites is 1. The van der Waals surface area contributed by atoms with Gasteiger partial charge in [0.2, 0.25) is 5.91 Å². The van der Waals surface area contributed by atoms with E-state index in [9.17, 15) is 9.59 Å². The van der Waals surface area contributed by atoms with Gasteiger partial charge in [-0.05, 0) is 43.8 Å². The summed E-state index contributed by atoms with van der Waals surface area (Å²) in [5.41, 5.74) is 2.10. The molecule has 0 spiro atoms. The van der Waals surface area contributed by atoms with Crippen LogP contribution in [0.15, 0.2) is 59.0 Å². The van der Waals surface area contributed by atoms with Crippen molar-refractivity contribution < 1.29 is 14.0 Å². The van der Waals surface area contributed by atoms with Crippen LogP contribution in [0.1, 0.15) is 36.0 Å². The molecule has 6 nitrogen and oxygen atoms in total. The van der Waals surface area contributed by atoms with Crippen LogP contribution in [0, 0.1) is 0 Å². The van der Waals surface area contributed by atoms with Crippen molar-refractivity contribution in [3.8, 4) is 0 Å². The number of carbonyl (C=O) groups is 2. The first-order valence-electron chi connectivity index (χ1n) is 11.0. The number of rotatable bonds is 7. The smallest absolute Gasteiger partial charge is 0.253 e. The molecule has 1 N–H and O–H groups in total. The Labute approximate surface area is 192 Å². The molecule has 1 unspecified atom stereocenters. The lowest BCUT2D eigenvalue weighted by Gasteiger charge is -2.27. The first-order valence-corrected chi connectivity index (χ1v) is 12.2. The number of likely N-dealkylation sites (N-methyl/N-ethyl adjacent to an activating group) is 1. The summed E-state index contributed by atoms with van der Waals surface area (Å²) in [5, 5.41) is 4.01. The number of benzene rings is 2. The lowest BCUT2D eigenvalue weighted by Crippen LogP contribution is -2.38. The monoisotopic (exact) mass is 451 g/mol. The third kappa shape index (κ3) is 5.16. The molecule has 168 valence electrons. The van der Waals surface area contributed by atoms with Crippen molar-refractivity contribution in [3.05, 3.63) is 65.9 Å². The Morgan fingerprint density at radius 3 is 2.66 bits per heavy atom. The molecule has 0 saturated carbocycles. The van der Waals surface area contributed by atoms with Crippen molar-refractivity contribution in [1.29, 1.82) is 0 Å².